The van der Waals surface area contributed by atoms with Crippen molar-refractivity contribution in [3.63, 3.8) is 0 Å². The first kappa shape index (κ1) is 14.0. The molecule has 2 aromatic rings. The van der Waals surface area contributed by atoms with Crippen LogP contribution in [0.2, 0.25) is 0 Å². The molecule has 2 aromatic carbocycles. The molecule has 0 radical (unpaired) electrons. The van der Waals surface area contributed by atoms with E-state index in [2.05, 4.69) is 15.9 Å². The van der Waals surface area contributed by atoms with Crippen molar-refractivity contribution in [1.82, 2.24) is 0 Å². The summed E-state index contributed by atoms with van der Waals surface area (Å²) in [5.74, 6) is 0.501. The summed E-state index contributed by atoms with van der Waals surface area (Å²) in [6.07, 6.45) is 0.561. The van der Waals surface area contributed by atoms with E-state index in [0.717, 1.165) is 16.9 Å². The Bertz CT molecular complexity index is 574. The number of methoxy groups -OCH3 is 1. The fraction of sp³-hybridized carbons (Fsp3) is 0.200. The third-order valence-corrected chi connectivity index (χ3v) is 3.88. The molecule has 0 spiro atoms. The third kappa shape index (κ3) is 3.33. The van der Waals surface area contributed by atoms with Crippen LogP contribution in [0.5, 0.6) is 5.75 Å². The first-order valence-corrected chi connectivity index (χ1v) is 6.73. The van der Waals surface area contributed by atoms with Gasteiger partial charge in [-0.3, -0.25) is 0 Å². The zero-order valence-corrected chi connectivity index (χ0v) is 12.2. The number of nitrogens with two attached hydrogens (primary N) is 1. The Morgan fingerprint density at radius 2 is 2.00 bits per heavy atom. The van der Waals surface area contributed by atoms with Crippen molar-refractivity contribution in [2.24, 2.45) is 5.73 Å². The van der Waals surface area contributed by atoms with Crippen molar-refractivity contribution < 1.29 is 9.13 Å². The molecule has 1 atom stereocenters. The Morgan fingerprint density at radius 3 is 2.74 bits per heavy atom. The molecule has 0 amide bonds. The van der Waals surface area contributed by atoms with Crippen molar-refractivity contribution in [2.75, 3.05) is 7.11 Å². The highest BCUT2D eigenvalue weighted by atomic mass is 79.9. The van der Waals surface area contributed by atoms with Crippen LogP contribution < -0.4 is 10.5 Å². The number of ether oxygens (including phenoxy) is 1. The number of hydrogen-bond acceptors (Lipinski definition) is 2. The van der Waals surface area contributed by atoms with E-state index in [1.165, 1.54) is 6.07 Å². The van der Waals surface area contributed by atoms with E-state index in [1.54, 1.807) is 13.2 Å². The maximum atomic E-state index is 13.4. The predicted octanol–water partition coefficient (Wildman–Crippen LogP) is 3.84. The minimum absolute atomic E-state index is 0.201. The van der Waals surface area contributed by atoms with Gasteiger partial charge in [-0.25, -0.2) is 4.39 Å². The summed E-state index contributed by atoms with van der Waals surface area (Å²) < 4.78 is 19.1. The maximum absolute atomic E-state index is 13.4. The zero-order chi connectivity index (χ0) is 13.8. The summed E-state index contributed by atoms with van der Waals surface area (Å²) in [4.78, 5) is 0. The molecule has 2 rings (SSSR count). The summed E-state index contributed by atoms with van der Waals surface area (Å²) in [5.41, 5.74) is 8.00. The van der Waals surface area contributed by atoms with E-state index in [-0.39, 0.29) is 11.9 Å². The van der Waals surface area contributed by atoms with Gasteiger partial charge in [0, 0.05) is 6.04 Å². The lowest BCUT2D eigenvalue weighted by molar-refractivity contribution is 0.413. The van der Waals surface area contributed by atoms with Gasteiger partial charge in [0.05, 0.1) is 11.6 Å². The highest BCUT2D eigenvalue weighted by Crippen LogP contribution is 2.26. The second-order valence-corrected chi connectivity index (χ2v) is 5.09. The summed E-state index contributed by atoms with van der Waals surface area (Å²) in [5, 5.41) is 0. The van der Waals surface area contributed by atoms with Gasteiger partial charge in [-0.2, -0.15) is 0 Å². The molecule has 0 bridgehead atoms. The summed E-state index contributed by atoms with van der Waals surface area (Å²) in [6, 6.07) is 12.4. The summed E-state index contributed by atoms with van der Waals surface area (Å²) in [7, 11) is 1.62. The molecule has 0 heterocycles. The van der Waals surface area contributed by atoms with Gasteiger partial charge in [0.15, 0.2) is 0 Å². The first-order chi connectivity index (χ1) is 9.11. The molecule has 19 heavy (non-hydrogen) atoms. The largest absolute Gasteiger partial charge is 0.497 e. The molecule has 0 aliphatic rings. The normalized spacial score (nSPS) is 12.2. The molecule has 0 fully saturated rings. The van der Waals surface area contributed by atoms with E-state index < -0.39 is 0 Å². The van der Waals surface area contributed by atoms with Crippen molar-refractivity contribution in [3.8, 4) is 5.75 Å². The van der Waals surface area contributed by atoms with Crippen LogP contribution in [0.25, 0.3) is 0 Å². The fourth-order valence-electron chi connectivity index (χ4n) is 1.93. The predicted molar refractivity (Wildman–Crippen MR) is 77.7 cm³/mol. The highest BCUT2D eigenvalue weighted by molar-refractivity contribution is 9.10. The Labute approximate surface area is 120 Å². The van der Waals surface area contributed by atoms with Gasteiger partial charge in [0.1, 0.15) is 11.6 Å². The van der Waals surface area contributed by atoms with Crippen molar-refractivity contribution >= 4 is 15.9 Å². The molecule has 2 nitrogen and oxygen atoms in total. The summed E-state index contributed by atoms with van der Waals surface area (Å²) >= 11 is 3.25. The SMILES string of the molecule is COc1cccc(C(N)Cc2cccc(F)c2Br)c1. The van der Waals surface area contributed by atoms with Crippen LogP contribution in [0.3, 0.4) is 0 Å². The topological polar surface area (TPSA) is 35.2 Å². The van der Waals surface area contributed by atoms with E-state index >= 15 is 0 Å². The maximum Gasteiger partial charge on any atom is 0.137 e. The van der Waals surface area contributed by atoms with Crippen molar-refractivity contribution in [1.29, 1.82) is 0 Å². The van der Waals surface area contributed by atoms with E-state index in [1.807, 2.05) is 30.3 Å². The van der Waals surface area contributed by atoms with Gasteiger partial charge in [-0.1, -0.05) is 24.3 Å². The molecule has 100 valence electrons. The van der Waals surface area contributed by atoms with Gasteiger partial charge in [0.25, 0.3) is 0 Å². The molecule has 4 heteroatoms. The number of rotatable bonds is 4. The Kier molecular flexibility index (Phi) is 4.56. The lowest BCUT2D eigenvalue weighted by Crippen LogP contribution is -2.14. The second kappa shape index (κ2) is 6.17. The zero-order valence-electron chi connectivity index (χ0n) is 10.6. The molecule has 0 saturated carbocycles. The molecular formula is C15H15BrFNO. The van der Waals surface area contributed by atoms with Gasteiger partial charge in [-0.15, -0.1) is 0 Å². The molecular weight excluding hydrogens is 309 g/mol. The van der Waals surface area contributed by atoms with Crippen LogP contribution in [-0.4, -0.2) is 7.11 Å². The lowest BCUT2D eigenvalue weighted by Gasteiger charge is -2.14. The third-order valence-electron chi connectivity index (χ3n) is 2.99. The van der Waals surface area contributed by atoms with E-state index in [4.69, 9.17) is 10.5 Å². The van der Waals surface area contributed by atoms with Crippen LogP contribution in [-0.2, 0) is 6.42 Å². The Hall–Kier alpha value is -1.39. The van der Waals surface area contributed by atoms with Crippen molar-refractivity contribution in [3.05, 3.63) is 63.9 Å². The molecule has 1 unspecified atom stereocenters. The van der Waals surface area contributed by atoms with Crippen LogP contribution in [0.15, 0.2) is 46.9 Å². The minimum atomic E-state index is -0.268. The van der Waals surface area contributed by atoms with E-state index in [9.17, 15) is 4.39 Å². The average molecular weight is 324 g/mol. The van der Waals surface area contributed by atoms with Crippen LogP contribution in [0.1, 0.15) is 17.2 Å². The molecule has 0 aliphatic heterocycles. The van der Waals surface area contributed by atoms with Gasteiger partial charge in [0.2, 0.25) is 0 Å². The minimum Gasteiger partial charge on any atom is -0.497 e. The molecule has 0 saturated heterocycles. The van der Waals surface area contributed by atoms with E-state index in [0.29, 0.717) is 10.9 Å². The van der Waals surface area contributed by atoms with Gasteiger partial charge >= 0.3 is 0 Å². The highest BCUT2D eigenvalue weighted by Gasteiger charge is 2.12. The van der Waals surface area contributed by atoms with Crippen LogP contribution in [0.4, 0.5) is 4.39 Å². The monoisotopic (exact) mass is 323 g/mol. The molecule has 0 aliphatic carbocycles. The average Bonchev–Trinajstić information content (AvgIpc) is 2.44. The lowest BCUT2D eigenvalue weighted by atomic mass is 9.99. The van der Waals surface area contributed by atoms with Gasteiger partial charge in [-0.05, 0) is 51.7 Å². The van der Waals surface area contributed by atoms with Crippen molar-refractivity contribution in [2.45, 2.75) is 12.5 Å². The Balaban J connectivity index is 2.20. The quantitative estimate of drug-likeness (QED) is 0.927. The smallest absolute Gasteiger partial charge is 0.137 e. The molecule has 0 aromatic heterocycles. The fourth-order valence-corrected chi connectivity index (χ4v) is 2.36. The number of halogens is 2. The Morgan fingerprint density at radius 1 is 1.26 bits per heavy atom. The standard InChI is InChI=1S/C15H15BrFNO/c1-19-12-6-2-4-10(8-12)14(18)9-11-5-3-7-13(17)15(11)16/h2-8,14H,9,18H2,1H3. The summed E-state index contributed by atoms with van der Waals surface area (Å²) in [6.45, 7) is 0. The number of benzene rings is 2. The van der Waals surface area contributed by atoms with Crippen LogP contribution in [0, 0.1) is 5.82 Å². The number of hydrogen-bond donors (Lipinski definition) is 1. The second-order valence-electron chi connectivity index (χ2n) is 4.30. The molecule has 2 N–H and O–H groups in total. The first-order valence-electron chi connectivity index (χ1n) is 5.94. The van der Waals surface area contributed by atoms with Crippen LogP contribution >= 0.6 is 15.9 Å². The van der Waals surface area contributed by atoms with Gasteiger partial charge < -0.3 is 10.5 Å².